The molecule has 34 heavy (non-hydrogen) atoms. The van der Waals surface area contributed by atoms with Gasteiger partial charge in [-0.2, -0.15) is 0 Å². The average Bonchev–Trinajstić information content (AvgIpc) is 3.29. The number of benzene rings is 2. The van der Waals surface area contributed by atoms with Crippen molar-refractivity contribution in [3.63, 3.8) is 0 Å². The van der Waals surface area contributed by atoms with Crippen molar-refractivity contribution in [2.75, 3.05) is 32.8 Å². The van der Waals surface area contributed by atoms with Gasteiger partial charge in [-0.25, -0.2) is 0 Å². The van der Waals surface area contributed by atoms with E-state index >= 15 is 0 Å². The van der Waals surface area contributed by atoms with Crippen LogP contribution in [0.4, 0.5) is 0 Å². The maximum atomic E-state index is 13.1. The van der Waals surface area contributed by atoms with Crippen molar-refractivity contribution >= 4 is 22.7 Å². The minimum absolute atomic E-state index is 0.0629. The molecule has 0 atom stereocenters. The van der Waals surface area contributed by atoms with Crippen LogP contribution in [0.15, 0.2) is 60.8 Å². The molecule has 6 heteroatoms. The zero-order chi connectivity index (χ0) is 23.3. The number of nitrogens with zero attached hydrogens (tertiary/aromatic N) is 3. The molecule has 3 heterocycles. The third-order valence-corrected chi connectivity index (χ3v) is 7.03. The second-order valence-corrected chi connectivity index (χ2v) is 9.29. The van der Waals surface area contributed by atoms with Crippen LogP contribution < -0.4 is 4.74 Å². The average molecular weight is 458 g/mol. The summed E-state index contributed by atoms with van der Waals surface area (Å²) in [6, 6.07) is 17.9. The normalized spacial score (nSPS) is 16.9. The first-order valence-corrected chi connectivity index (χ1v) is 12.3. The van der Waals surface area contributed by atoms with Crippen LogP contribution in [0.3, 0.4) is 0 Å². The quantitative estimate of drug-likeness (QED) is 0.530. The van der Waals surface area contributed by atoms with Crippen molar-refractivity contribution in [2.45, 2.75) is 32.1 Å². The zero-order valence-corrected chi connectivity index (χ0v) is 19.5. The number of carbonyl (C=O) groups is 2. The lowest BCUT2D eigenvalue weighted by Gasteiger charge is -2.32. The number of piperidine rings is 1. The molecule has 2 amide bonds. The van der Waals surface area contributed by atoms with Crippen LogP contribution in [-0.4, -0.2) is 59.4 Å². The Morgan fingerprint density at radius 3 is 2.71 bits per heavy atom. The van der Waals surface area contributed by atoms with Gasteiger partial charge in [-0.05, 0) is 67.5 Å². The van der Waals surface area contributed by atoms with Crippen LogP contribution in [0, 0.1) is 5.92 Å². The molecule has 0 aliphatic carbocycles. The van der Waals surface area contributed by atoms with E-state index in [4.69, 9.17) is 4.74 Å². The van der Waals surface area contributed by atoms with Gasteiger partial charge in [-0.3, -0.25) is 14.6 Å². The van der Waals surface area contributed by atoms with Crippen LogP contribution in [0.1, 0.15) is 41.6 Å². The van der Waals surface area contributed by atoms with E-state index < -0.39 is 0 Å². The Balaban J connectivity index is 1.14. The van der Waals surface area contributed by atoms with Crippen molar-refractivity contribution < 1.29 is 14.3 Å². The molecular weight excluding hydrogens is 426 g/mol. The minimum Gasteiger partial charge on any atom is -0.492 e. The van der Waals surface area contributed by atoms with E-state index in [2.05, 4.69) is 29.2 Å². The predicted molar refractivity (Wildman–Crippen MR) is 132 cm³/mol. The summed E-state index contributed by atoms with van der Waals surface area (Å²) in [4.78, 5) is 33.1. The number of ether oxygens (including phenoxy) is 1. The van der Waals surface area contributed by atoms with Gasteiger partial charge < -0.3 is 14.5 Å². The van der Waals surface area contributed by atoms with E-state index in [9.17, 15) is 9.59 Å². The maximum absolute atomic E-state index is 13.1. The summed E-state index contributed by atoms with van der Waals surface area (Å²) in [5.41, 5.74) is 3.05. The smallest absolute Gasteiger partial charge is 0.253 e. The Hall–Kier alpha value is -3.41. The van der Waals surface area contributed by atoms with E-state index in [0.717, 1.165) is 50.8 Å². The van der Waals surface area contributed by atoms with Crippen LogP contribution in [0.5, 0.6) is 5.75 Å². The van der Waals surface area contributed by atoms with Gasteiger partial charge in [0.2, 0.25) is 5.91 Å². The number of likely N-dealkylation sites (tertiary alicyclic amines) is 2. The number of pyridine rings is 1. The fourth-order valence-corrected chi connectivity index (χ4v) is 5.11. The Morgan fingerprint density at radius 1 is 1.03 bits per heavy atom. The highest BCUT2D eigenvalue weighted by molar-refractivity contribution is 5.94. The second-order valence-electron chi connectivity index (χ2n) is 9.29. The molecule has 0 bridgehead atoms. The zero-order valence-electron chi connectivity index (χ0n) is 19.5. The van der Waals surface area contributed by atoms with Gasteiger partial charge in [-0.1, -0.05) is 24.3 Å². The first kappa shape index (κ1) is 22.4. The van der Waals surface area contributed by atoms with Crippen molar-refractivity contribution in [3.05, 3.63) is 71.9 Å². The molecule has 2 aromatic carbocycles. The number of carbonyl (C=O) groups excluding carboxylic acids is 2. The number of rotatable bonds is 7. The lowest BCUT2D eigenvalue weighted by molar-refractivity contribution is -0.128. The van der Waals surface area contributed by atoms with Gasteiger partial charge in [-0.15, -0.1) is 0 Å². The van der Waals surface area contributed by atoms with Gasteiger partial charge in [0.25, 0.3) is 5.91 Å². The van der Waals surface area contributed by atoms with Gasteiger partial charge >= 0.3 is 0 Å². The monoisotopic (exact) mass is 457 g/mol. The van der Waals surface area contributed by atoms with Crippen LogP contribution in [-0.2, 0) is 11.2 Å². The topological polar surface area (TPSA) is 62.7 Å². The Bertz CT molecular complexity index is 1170. The molecule has 176 valence electrons. The minimum atomic E-state index is 0.0629. The SMILES string of the molecule is O=C1CCCN1CCOc1cccc(C(=O)N2CCC(Cc3cccc4ncccc34)CC2)c1. The molecular formula is C28H31N3O3. The number of hydrogen-bond acceptors (Lipinski definition) is 4. The van der Waals surface area contributed by atoms with Crippen LogP contribution in [0.2, 0.25) is 0 Å². The molecule has 0 spiro atoms. The highest BCUT2D eigenvalue weighted by Crippen LogP contribution is 2.27. The molecule has 0 radical (unpaired) electrons. The Labute approximate surface area is 200 Å². The molecule has 5 rings (SSSR count). The fourth-order valence-electron chi connectivity index (χ4n) is 5.11. The highest BCUT2D eigenvalue weighted by Gasteiger charge is 2.25. The lowest BCUT2D eigenvalue weighted by atomic mass is 9.88. The van der Waals surface area contributed by atoms with Crippen molar-refractivity contribution in [3.8, 4) is 5.75 Å². The lowest BCUT2D eigenvalue weighted by Crippen LogP contribution is -2.38. The summed E-state index contributed by atoms with van der Waals surface area (Å²) < 4.78 is 5.84. The standard InChI is InChI=1S/C28H31N3O3/c32-27-10-4-14-30(27)17-18-34-24-7-1-6-23(20-24)28(33)31-15-11-21(12-16-31)19-22-5-2-9-26-25(22)8-3-13-29-26/h1-3,5-9,13,20-21H,4,10-12,14-19H2. The summed E-state index contributed by atoms with van der Waals surface area (Å²) in [5, 5.41) is 1.23. The number of aromatic nitrogens is 1. The molecule has 2 aliphatic rings. The highest BCUT2D eigenvalue weighted by atomic mass is 16.5. The Kier molecular flexibility index (Phi) is 6.74. The van der Waals surface area contributed by atoms with Crippen LogP contribution in [0.25, 0.3) is 10.9 Å². The van der Waals surface area contributed by atoms with E-state index in [1.54, 1.807) is 0 Å². The molecule has 0 N–H and O–H groups in total. The van der Waals surface area contributed by atoms with Gasteiger partial charge in [0.1, 0.15) is 12.4 Å². The van der Waals surface area contributed by atoms with Gasteiger partial charge in [0, 0.05) is 43.2 Å². The first-order valence-electron chi connectivity index (χ1n) is 12.3. The number of amides is 2. The third kappa shape index (κ3) is 5.06. The van der Waals surface area contributed by atoms with E-state index in [1.165, 1.54) is 10.9 Å². The summed E-state index contributed by atoms with van der Waals surface area (Å²) in [7, 11) is 0. The third-order valence-electron chi connectivity index (χ3n) is 7.03. The van der Waals surface area contributed by atoms with Gasteiger partial charge in [0.05, 0.1) is 12.1 Å². The molecule has 0 saturated carbocycles. The van der Waals surface area contributed by atoms with Crippen molar-refractivity contribution in [2.24, 2.45) is 5.92 Å². The predicted octanol–water partition coefficient (Wildman–Crippen LogP) is 4.33. The number of fused-ring (bicyclic) bond motifs is 1. The second kappa shape index (κ2) is 10.2. The number of hydrogen-bond donors (Lipinski definition) is 0. The van der Waals surface area contributed by atoms with E-state index in [0.29, 0.717) is 36.8 Å². The molecule has 2 aliphatic heterocycles. The largest absolute Gasteiger partial charge is 0.492 e. The first-order chi connectivity index (χ1) is 16.7. The maximum Gasteiger partial charge on any atom is 0.253 e. The molecule has 6 nitrogen and oxygen atoms in total. The summed E-state index contributed by atoms with van der Waals surface area (Å²) in [6.45, 7) is 3.40. The molecule has 3 aromatic rings. The van der Waals surface area contributed by atoms with E-state index in [-0.39, 0.29) is 11.8 Å². The van der Waals surface area contributed by atoms with Crippen molar-refractivity contribution in [1.82, 2.24) is 14.8 Å². The summed E-state index contributed by atoms with van der Waals surface area (Å²) in [6.07, 6.45) is 6.43. The molecule has 2 saturated heterocycles. The Morgan fingerprint density at radius 2 is 1.88 bits per heavy atom. The van der Waals surface area contributed by atoms with Crippen LogP contribution >= 0.6 is 0 Å². The van der Waals surface area contributed by atoms with Crippen molar-refractivity contribution in [1.29, 1.82) is 0 Å². The fraction of sp³-hybridized carbons (Fsp3) is 0.393. The van der Waals surface area contributed by atoms with Gasteiger partial charge in [0.15, 0.2) is 0 Å². The van der Waals surface area contributed by atoms with E-state index in [1.807, 2.05) is 46.3 Å². The molecule has 2 fully saturated rings. The summed E-state index contributed by atoms with van der Waals surface area (Å²) >= 11 is 0. The molecule has 1 aromatic heterocycles. The summed E-state index contributed by atoms with van der Waals surface area (Å²) in [5.74, 6) is 1.51. The molecule has 0 unspecified atom stereocenters.